The molecule has 0 spiro atoms. The van der Waals surface area contributed by atoms with Gasteiger partial charge in [0.05, 0.1) is 17.6 Å². The highest BCUT2D eigenvalue weighted by atomic mass is 15.2. The van der Waals surface area contributed by atoms with Gasteiger partial charge in [0.2, 0.25) is 0 Å². The van der Waals surface area contributed by atoms with Crippen LogP contribution in [-0.4, -0.2) is 35.1 Å². The van der Waals surface area contributed by atoms with Gasteiger partial charge in [0.1, 0.15) is 5.82 Å². The summed E-state index contributed by atoms with van der Waals surface area (Å²) in [6, 6.07) is 1.09. The minimum Gasteiger partial charge on any atom is -0.351 e. The molecule has 1 saturated heterocycles. The van der Waals surface area contributed by atoms with Crippen LogP contribution in [0.5, 0.6) is 0 Å². The van der Waals surface area contributed by atoms with Crippen molar-refractivity contribution in [2.24, 2.45) is 0 Å². The molecule has 0 amide bonds. The normalized spacial score (nSPS) is 20.1. The molecule has 0 radical (unpaired) electrons. The lowest BCUT2D eigenvalue weighted by molar-refractivity contribution is 0.418. The molecule has 1 atom stereocenters. The van der Waals surface area contributed by atoms with Crippen LogP contribution in [-0.2, 0) is 0 Å². The number of piperidine rings is 1. The van der Waals surface area contributed by atoms with E-state index >= 15 is 0 Å². The fourth-order valence-electron chi connectivity index (χ4n) is 2.55. The smallest absolute Gasteiger partial charge is 0.147 e. The Balaban J connectivity index is 2.11. The SMILES string of the molecule is Cc1ncc(N2CCCCC2CNC(C)C)nc1C. The highest BCUT2D eigenvalue weighted by Gasteiger charge is 2.24. The first-order valence-electron chi connectivity index (χ1n) is 7.38. The van der Waals surface area contributed by atoms with E-state index in [4.69, 9.17) is 4.98 Å². The number of aromatic nitrogens is 2. The molecule has 0 aliphatic carbocycles. The summed E-state index contributed by atoms with van der Waals surface area (Å²) in [6.45, 7) is 10.6. The molecule has 0 saturated carbocycles. The summed E-state index contributed by atoms with van der Waals surface area (Å²) >= 11 is 0. The largest absolute Gasteiger partial charge is 0.351 e. The first kappa shape index (κ1) is 14.3. The number of rotatable bonds is 4. The third-order valence-corrected chi connectivity index (χ3v) is 3.86. The van der Waals surface area contributed by atoms with Crippen molar-refractivity contribution in [1.82, 2.24) is 15.3 Å². The second-order valence-electron chi connectivity index (χ2n) is 5.80. The third kappa shape index (κ3) is 3.66. The van der Waals surface area contributed by atoms with Crippen LogP contribution in [0.15, 0.2) is 6.20 Å². The summed E-state index contributed by atoms with van der Waals surface area (Å²) in [4.78, 5) is 11.6. The molecule has 2 heterocycles. The van der Waals surface area contributed by atoms with Crippen LogP contribution >= 0.6 is 0 Å². The Bertz CT molecular complexity index is 417. The molecule has 106 valence electrons. The van der Waals surface area contributed by atoms with E-state index in [0.717, 1.165) is 30.3 Å². The van der Waals surface area contributed by atoms with Crippen LogP contribution in [0.1, 0.15) is 44.5 Å². The van der Waals surface area contributed by atoms with E-state index in [1.54, 1.807) is 0 Å². The molecule has 4 nitrogen and oxygen atoms in total. The minimum absolute atomic E-state index is 0.537. The molecule has 0 aromatic carbocycles. The van der Waals surface area contributed by atoms with Crippen LogP contribution < -0.4 is 10.2 Å². The molecule has 1 aromatic heterocycles. The van der Waals surface area contributed by atoms with Gasteiger partial charge in [0, 0.05) is 25.2 Å². The molecule has 1 N–H and O–H groups in total. The average molecular weight is 262 g/mol. The maximum Gasteiger partial charge on any atom is 0.147 e. The number of nitrogens with zero attached hydrogens (tertiary/aromatic N) is 3. The summed E-state index contributed by atoms with van der Waals surface area (Å²) in [5, 5.41) is 3.55. The lowest BCUT2D eigenvalue weighted by Gasteiger charge is -2.37. The van der Waals surface area contributed by atoms with Gasteiger partial charge in [0.15, 0.2) is 0 Å². The predicted octanol–water partition coefficient (Wildman–Crippen LogP) is 2.45. The Hall–Kier alpha value is -1.16. The van der Waals surface area contributed by atoms with Crippen LogP contribution in [0.2, 0.25) is 0 Å². The van der Waals surface area contributed by atoms with Crippen molar-refractivity contribution in [2.45, 2.75) is 59.0 Å². The zero-order chi connectivity index (χ0) is 13.8. The molecular weight excluding hydrogens is 236 g/mol. The fourth-order valence-corrected chi connectivity index (χ4v) is 2.55. The Kier molecular flexibility index (Phi) is 4.75. The van der Waals surface area contributed by atoms with Crippen LogP contribution in [0.4, 0.5) is 5.82 Å². The topological polar surface area (TPSA) is 41.1 Å². The van der Waals surface area contributed by atoms with Gasteiger partial charge in [0.25, 0.3) is 0 Å². The first-order valence-corrected chi connectivity index (χ1v) is 7.38. The Morgan fingerprint density at radius 2 is 2.11 bits per heavy atom. The number of hydrogen-bond donors (Lipinski definition) is 1. The minimum atomic E-state index is 0.537. The van der Waals surface area contributed by atoms with Crippen LogP contribution in [0.3, 0.4) is 0 Å². The van der Waals surface area contributed by atoms with Crippen molar-refractivity contribution in [3.63, 3.8) is 0 Å². The van der Waals surface area contributed by atoms with Gasteiger partial charge in [-0.25, -0.2) is 4.98 Å². The van der Waals surface area contributed by atoms with Gasteiger partial charge >= 0.3 is 0 Å². The number of aryl methyl sites for hydroxylation is 2. The summed E-state index contributed by atoms with van der Waals surface area (Å²) < 4.78 is 0. The zero-order valence-electron chi connectivity index (χ0n) is 12.6. The third-order valence-electron chi connectivity index (χ3n) is 3.86. The molecular formula is C15H26N4. The average Bonchev–Trinajstić information content (AvgIpc) is 2.40. The van der Waals surface area contributed by atoms with Gasteiger partial charge in [-0.05, 0) is 33.1 Å². The molecule has 1 aromatic rings. The number of nitrogens with one attached hydrogen (secondary N) is 1. The van der Waals surface area contributed by atoms with E-state index < -0.39 is 0 Å². The van der Waals surface area contributed by atoms with E-state index in [2.05, 4.69) is 29.0 Å². The Labute approximate surface area is 116 Å². The van der Waals surface area contributed by atoms with Crippen molar-refractivity contribution < 1.29 is 0 Å². The predicted molar refractivity (Wildman–Crippen MR) is 79.6 cm³/mol. The van der Waals surface area contributed by atoms with Crippen molar-refractivity contribution in [3.8, 4) is 0 Å². The zero-order valence-corrected chi connectivity index (χ0v) is 12.6. The van der Waals surface area contributed by atoms with Gasteiger partial charge in [-0.3, -0.25) is 4.98 Å². The quantitative estimate of drug-likeness (QED) is 0.905. The maximum absolute atomic E-state index is 4.71. The molecule has 1 unspecified atom stereocenters. The maximum atomic E-state index is 4.71. The Morgan fingerprint density at radius 3 is 2.79 bits per heavy atom. The highest BCUT2D eigenvalue weighted by molar-refractivity contribution is 5.39. The van der Waals surface area contributed by atoms with Gasteiger partial charge in [-0.1, -0.05) is 13.8 Å². The van der Waals surface area contributed by atoms with Crippen molar-refractivity contribution >= 4 is 5.82 Å². The molecule has 1 fully saturated rings. The fraction of sp³-hybridized carbons (Fsp3) is 0.733. The molecule has 4 heteroatoms. The van der Waals surface area contributed by atoms with E-state index in [-0.39, 0.29) is 0 Å². The highest BCUT2D eigenvalue weighted by Crippen LogP contribution is 2.23. The van der Waals surface area contributed by atoms with Crippen LogP contribution in [0.25, 0.3) is 0 Å². The summed E-state index contributed by atoms with van der Waals surface area (Å²) in [6.07, 6.45) is 5.75. The lowest BCUT2D eigenvalue weighted by Crippen LogP contribution is -2.47. The van der Waals surface area contributed by atoms with E-state index in [0.29, 0.717) is 12.1 Å². The van der Waals surface area contributed by atoms with Crippen LogP contribution in [0, 0.1) is 13.8 Å². The monoisotopic (exact) mass is 262 g/mol. The van der Waals surface area contributed by atoms with Crippen molar-refractivity contribution in [2.75, 3.05) is 18.0 Å². The number of anilines is 1. The van der Waals surface area contributed by atoms with Gasteiger partial charge in [-0.15, -0.1) is 0 Å². The molecule has 2 rings (SSSR count). The van der Waals surface area contributed by atoms with E-state index in [1.165, 1.54) is 19.3 Å². The second kappa shape index (κ2) is 6.33. The molecule has 1 aliphatic heterocycles. The molecule has 19 heavy (non-hydrogen) atoms. The summed E-state index contributed by atoms with van der Waals surface area (Å²) in [5.74, 6) is 1.04. The first-order chi connectivity index (χ1) is 9.08. The second-order valence-corrected chi connectivity index (χ2v) is 5.80. The summed E-state index contributed by atoms with van der Waals surface area (Å²) in [5.41, 5.74) is 2.07. The number of hydrogen-bond acceptors (Lipinski definition) is 4. The van der Waals surface area contributed by atoms with Crippen molar-refractivity contribution in [3.05, 3.63) is 17.6 Å². The van der Waals surface area contributed by atoms with Gasteiger partial charge < -0.3 is 10.2 Å². The van der Waals surface area contributed by atoms with E-state index in [1.807, 2.05) is 20.0 Å². The standard InChI is InChI=1S/C15H26N4/c1-11(2)16-9-14-7-5-6-8-19(14)15-10-17-12(3)13(4)18-15/h10-11,14,16H,5-9H2,1-4H3. The van der Waals surface area contributed by atoms with E-state index in [9.17, 15) is 0 Å². The van der Waals surface area contributed by atoms with Gasteiger partial charge in [-0.2, -0.15) is 0 Å². The Morgan fingerprint density at radius 1 is 1.32 bits per heavy atom. The molecule has 0 bridgehead atoms. The van der Waals surface area contributed by atoms with Crippen molar-refractivity contribution in [1.29, 1.82) is 0 Å². The lowest BCUT2D eigenvalue weighted by atomic mass is 10.0. The summed E-state index contributed by atoms with van der Waals surface area (Å²) in [7, 11) is 0. The molecule has 1 aliphatic rings.